The Labute approximate surface area is 118 Å². The minimum Gasteiger partial charge on any atom is -0.478 e. The van der Waals surface area contributed by atoms with E-state index in [2.05, 4.69) is 11.9 Å². The maximum absolute atomic E-state index is 11.5. The number of aromatic carboxylic acids is 1. The van der Waals surface area contributed by atoms with Gasteiger partial charge in [-0.05, 0) is 29.2 Å². The van der Waals surface area contributed by atoms with Gasteiger partial charge in [0, 0.05) is 5.69 Å². The molecule has 5 nitrogen and oxygen atoms in total. The van der Waals surface area contributed by atoms with Crippen LogP contribution in [0, 0.1) is 0 Å². The van der Waals surface area contributed by atoms with Crippen molar-refractivity contribution in [2.24, 2.45) is 0 Å². The van der Waals surface area contributed by atoms with E-state index >= 15 is 0 Å². The summed E-state index contributed by atoms with van der Waals surface area (Å²) in [5, 5.41) is 11.7. The first-order valence-corrected chi connectivity index (χ1v) is 6.18. The Bertz CT molecular complexity index is 529. The molecule has 0 aliphatic heterocycles. The lowest BCUT2D eigenvalue weighted by Crippen LogP contribution is -2.19. The highest BCUT2D eigenvalue weighted by Crippen LogP contribution is 2.28. The second-order valence-corrected chi connectivity index (χ2v) is 5.33. The molecule has 0 fully saturated rings. The topological polar surface area (TPSA) is 75.6 Å². The van der Waals surface area contributed by atoms with Crippen LogP contribution in [0.1, 0.15) is 36.7 Å². The van der Waals surface area contributed by atoms with Crippen LogP contribution in [0.5, 0.6) is 0 Å². The van der Waals surface area contributed by atoms with Crippen LogP contribution in [-0.2, 0) is 10.2 Å². The lowest BCUT2D eigenvalue weighted by molar-refractivity contribution is 0.0694. The Balaban J connectivity index is 3.04. The molecular weight excluding hydrogens is 258 g/mol. The van der Waals surface area contributed by atoms with E-state index in [0.29, 0.717) is 11.3 Å². The van der Waals surface area contributed by atoms with Gasteiger partial charge in [-0.25, -0.2) is 9.59 Å². The van der Waals surface area contributed by atoms with Crippen molar-refractivity contribution in [2.75, 3.05) is 11.9 Å². The molecular formula is C15H19NO4. The summed E-state index contributed by atoms with van der Waals surface area (Å²) in [5.74, 6) is -0.990. The van der Waals surface area contributed by atoms with E-state index in [-0.39, 0.29) is 17.6 Å². The van der Waals surface area contributed by atoms with Crippen LogP contribution >= 0.6 is 0 Å². The second kappa shape index (κ2) is 6.23. The number of carboxylic acid groups (broad SMARTS) is 1. The predicted molar refractivity (Wildman–Crippen MR) is 77.3 cm³/mol. The van der Waals surface area contributed by atoms with Crippen molar-refractivity contribution in [1.29, 1.82) is 0 Å². The highest BCUT2D eigenvalue weighted by atomic mass is 16.5. The maximum Gasteiger partial charge on any atom is 0.411 e. The summed E-state index contributed by atoms with van der Waals surface area (Å²) in [7, 11) is 0. The summed E-state index contributed by atoms with van der Waals surface area (Å²) in [4.78, 5) is 22.7. The SMILES string of the molecule is C=CCOC(=O)Nc1ccc(C(=O)O)c(C(C)(C)C)c1. The molecule has 1 amide bonds. The fourth-order valence-electron chi connectivity index (χ4n) is 1.72. The number of rotatable bonds is 4. The van der Waals surface area contributed by atoms with Crippen molar-refractivity contribution in [1.82, 2.24) is 0 Å². The molecule has 0 atom stereocenters. The van der Waals surface area contributed by atoms with Gasteiger partial charge in [0.15, 0.2) is 0 Å². The van der Waals surface area contributed by atoms with Gasteiger partial charge in [0.1, 0.15) is 6.61 Å². The second-order valence-electron chi connectivity index (χ2n) is 5.33. The highest BCUT2D eigenvalue weighted by Gasteiger charge is 2.22. The molecule has 108 valence electrons. The van der Waals surface area contributed by atoms with Gasteiger partial charge in [-0.15, -0.1) is 0 Å². The normalized spacial score (nSPS) is 10.8. The molecule has 0 radical (unpaired) electrons. The van der Waals surface area contributed by atoms with E-state index in [1.54, 1.807) is 6.07 Å². The van der Waals surface area contributed by atoms with Crippen LogP contribution < -0.4 is 5.32 Å². The molecule has 1 aromatic carbocycles. The standard InChI is InChI=1S/C15H19NO4/c1-5-8-20-14(19)16-10-6-7-11(13(17)18)12(9-10)15(2,3)4/h5-7,9H,1,8H2,2-4H3,(H,16,19)(H,17,18). The van der Waals surface area contributed by atoms with Crippen LogP contribution in [-0.4, -0.2) is 23.8 Å². The van der Waals surface area contributed by atoms with E-state index in [1.807, 2.05) is 20.8 Å². The zero-order valence-corrected chi connectivity index (χ0v) is 11.9. The van der Waals surface area contributed by atoms with Gasteiger partial charge in [0.25, 0.3) is 0 Å². The number of anilines is 1. The zero-order chi connectivity index (χ0) is 15.3. The summed E-state index contributed by atoms with van der Waals surface area (Å²) in [6.07, 6.45) is 0.862. The molecule has 0 aliphatic carbocycles. The molecule has 0 saturated heterocycles. The highest BCUT2D eigenvalue weighted by molar-refractivity contribution is 5.92. The fourth-order valence-corrected chi connectivity index (χ4v) is 1.72. The molecule has 0 heterocycles. The first kappa shape index (κ1) is 15.8. The van der Waals surface area contributed by atoms with Gasteiger partial charge in [0.2, 0.25) is 0 Å². The largest absolute Gasteiger partial charge is 0.478 e. The fraction of sp³-hybridized carbons (Fsp3) is 0.333. The smallest absolute Gasteiger partial charge is 0.411 e. The Morgan fingerprint density at radius 1 is 1.40 bits per heavy atom. The summed E-state index contributed by atoms with van der Waals surface area (Å²) in [5.41, 5.74) is 1.01. The minimum absolute atomic E-state index is 0.116. The number of benzene rings is 1. The van der Waals surface area contributed by atoms with Crippen molar-refractivity contribution in [3.63, 3.8) is 0 Å². The van der Waals surface area contributed by atoms with Crippen molar-refractivity contribution < 1.29 is 19.4 Å². The van der Waals surface area contributed by atoms with Crippen molar-refractivity contribution in [3.8, 4) is 0 Å². The van der Waals surface area contributed by atoms with E-state index < -0.39 is 12.1 Å². The lowest BCUT2D eigenvalue weighted by Gasteiger charge is -2.22. The summed E-state index contributed by atoms with van der Waals surface area (Å²) in [6, 6.07) is 4.67. The van der Waals surface area contributed by atoms with Crippen molar-refractivity contribution in [3.05, 3.63) is 42.0 Å². The van der Waals surface area contributed by atoms with Crippen LogP contribution in [0.15, 0.2) is 30.9 Å². The number of carboxylic acids is 1. The van der Waals surface area contributed by atoms with Crippen molar-refractivity contribution >= 4 is 17.7 Å². The molecule has 1 aromatic rings. The number of nitrogens with one attached hydrogen (secondary N) is 1. The van der Waals surface area contributed by atoms with Gasteiger partial charge in [-0.2, -0.15) is 0 Å². The van der Waals surface area contributed by atoms with Gasteiger partial charge < -0.3 is 9.84 Å². The molecule has 20 heavy (non-hydrogen) atoms. The molecule has 0 aliphatic rings. The number of carbonyl (C=O) groups is 2. The summed E-state index contributed by atoms with van der Waals surface area (Å²) < 4.78 is 4.81. The van der Waals surface area contributed by atoms with Gasteiger partial charge >= 0.3 is 12.1 Å². The number of ether oxygens (including phenoxy) is 1. The van der Waals surface area contributed by atoms with Crippen molar-refractivity contribution in [2.45, 2.75) is 26.2 Å². The Morgan fingerprint density at radius 2 is 2.05 bits per heavy atom. The molecule has 0 unspecified atom stereocenters. The molecule has 0 bridgehead atoms. The average Bonchev–Trinajstić information content (AvgIpc) is 2.35. The summed E-state index contributed by atoms with van der Waals surface area (Å²) >= 11 is 0. The molecule has 5 heteroatoms. The van der Waals surface area contributed by atoms with Gasteiger partial charge in [-0.1, -0.05) is 33.4 Å². The number of amides is 1. The van der Waals surface area contributed by atoms with E-state index in [1.165, 1.54) is 18.2 Å². The summed E-state index contributed by atoms with van der Waals surface area (Å²) in [6.45, 7) is 9.30. The number of hydrogen-bond donors (Lipinski definition) is 2. The minimum atomic E-state index is -0.990. The van der Waals surface area contributed by atoms with E-state index in [0.717, 1.165) is 0 Å². The first-order chi connectivity index (χ1) is 9.25. The molecule has 0 aromatic heterocycles. The van der Waals surface area contributed by atoms with Gasteiger partial charge in [0.05, 0.1) is 5.56 Å². The Morgan fingerprint density at radius 3 is 2.55 bits per heavy atom. The van der Waals surface area contributed by atoms with Crippen LogP contribution in [0.25, 0.3) is 0 Å². The molecule has 1 rings (SSSR count). The molecule has 0 spiro atoms. The van der Waals surface area contributed by atoms with E-state index in [9.17, 15) is 14.7 Å². The van der Waals surface area contributed by atoms with Crippen LogP contribution in [0.2, 0.25) is 0 Å². The Hall–Kier alpha value is -2.30. The average molecular weight is 277 g/mol. The third-order valence-corrected chi connectivity index (χ3v) is 2.64. The molecule has 2 N–H and O–H groups in total. The number of hydrogen-bond acceptors (Lipinski definition) is 3. The molecule has 0 saturated carbocycles. The predicted octanol–water partition coefficient (Wildman–Crippen LogP) is 3.42. The zero-order valence-electron chi connectivity index (χ0n) is 11.9. The van der Waals surface area contributed by atoms with E-state index in [4.69, 9.17) is 4.74 Å². The maximum atomic E-state index is 11.5. The third kappa shape index (κ3) is 4.12. The third-order valence-electron chi connectivity index (χ3n) is 2.64. The monoisotopic (exact) mass is 277 g/mol. The number of carbonyl (C=O) groups excluding carboxylic acids is 1. The van der Waals surface area contributed by atoms with Crippen LogP contribution in [0.4, 0.5) is 10.5 Å². The van der Waals surface area contributed by atoms with Gasteiger partial charge in [-0.3, -0.25) is 5.32 Å². The van der Waals surface area contributed by atoms with Crippen LogP contribution in [0.3, 0.4) is 0 Å². The Kier molecular flexibility index (Phi) is 4.91. The lowest BCUT2D eigenvalue weighted by atomic mass is 9.83. The quantitative estimate of drug-likeness (QED) is 0.827. The first-order valence-electron chi connectivity index (χ1n) is 6.18.